The smallest absolute Gasteiger partial charge is 0.234 e. The number of benzene rings is 1. The molecule has 0 radical (unpaired) electrons. The van der Waals surface area contributed by atoms with Gasteiger partial charge in [-0.2, -0.15) is 0 Å². The van der Waals surface area contributed by atoms with Crippen molar-refractivity contribution in [3.05, 3.63) is 34.9 Å². The Morgan fingerprint density at radius 1 is 1.38 bits per heavy atom. The van der Waals surface area contributed by atoms with Crippen molar-refractivity contribution in [2.45, 2.75) is 52.1 Å². The number of unbranched alkanes of at least 4 members (excludes halogenated alkanes) is 2. The number of nitrogens with one attached hydrogen (secondary N) is 1. The highest BCUT2D eigenvalue weighted by molar-refractivity contribution is 6.30. The fourth-order valence-corrected chi connectivity index (χ4v) is 2.55. The van der Waals surface area contributed by atoms with E-state index in [0.29, 0.717) is 6.54 Å². The molecule has 0 aromatic heterocycles. The van der Waals surface area contributed by atoms with Gasteiger partial charge >= 0.3 is 0 Å². The Morgan fingerprint density at radius 2 is 2.14 bits per heavy atom. The van der Waals surface area contributed by atoms with Crippen LogP contribution in [0, 0.1) is 0 Å². The number of carbonyl (C=O) groups excluding carboxylic acids is 1. The molecule has 1 amide bonds. The average Bonchev–Trinajstić information content (AvgIpc) is 2.38. The second-order valence-corrected chi connectivity index (χ2v) is 6.20. The molecular formula is C17H27ClN2O. The molecule has 0 bridgehead atoms. The number of hydrogen-bond donors (Lipinski definition) is 1. The van der Waals surface area contributed by atoms with Gasteiger partial charge in [-0.15, -0.1) is 0 Å². The first-order valence-corrected chi connectivity index (χ1v) is 8.11. The summed E-state index contributed by atoms with van der Waals surface area (Å²) in [6.45, 7) is 5.39. The lowest BCUT2D eigenvalue weighted by Gasteiger charge is -2.19. The van der Waals surface area contributed by atoms with Gasteiger partial charge < -0.3 is 5.32 Å². The van der Waals surface area contributed by atoms with Crippen molar-refractivity contribution in [1.29, 1.82) is 0 Å². The summed E-state index contributed by atoms with van der Waals surface area (Å²) in [5.41, 5.74) is 1.12. The number of nitrogens with zero attached hydrogens (tertiary/aromatic N) is 1. The molecule has 1 aromatic rings. The van der Waals surface area contributed by atoms with Gasteiger partial charge in [0.25, 0.3) is 0 Å². The molecule has 21 heavy (non-hydrogen) atoms. The molecule has 0 aliphatic carbocycles. The molecule has 0 saturated heterocycles. The highest BCUT2D eigenvalue weighted by atomic mass is 35.5. The maximum absolute atomic E-state index is 12.0. The lowest BCUT2D eigenvalue weighted by molar-refractivity contribution is -0.122. The van der Waals surface area contributed by atoms with E-state index in [4.69, 9.17) is 11.6 Å². The summed E-state index contributed by atoms with van der Waals surface area (Å²) in [6.07, 6.45) is 4.67. The van der Waals surface area contributed by atoms with E-state index in [2.05, 4.69) is 19.2 Å². The van der Waals surface area contributed by atoms with Crippen molar-refractivity contribution in [1.82, 2.24) is 10.2 Å². The first-order valence-electron chi connectivity index (χ1n) is 7.73. The van der Waals surface area contributed by atoms with Crippen molar-refractivity contribution in [2.75, 3.05) is 13.6 Å². The summed E-state index contributed by atoms with van der Waals surface area (Å²) in [6, 6.07) is 8.00. The number of hydrogen-bond acceptors (Lipinski definition) is 2. The van der Waals surface area contributed by atoms with Crippen LogP contribution >= 0.6 is 11.6 Å². The van der Waals surface area contributed by atoms with Crippen molar-refractivity contribution < 1.29 is 4.79 Å². The SMILES string of the molecule is CCCCC[C@@H](C)NC(=O)CN(C)Cc1cccc(Cl)c1. The Kier molecular flexibility index (Phi) is 8.40. The zero-order chi connectivity index (χ0) is 15.7. The molecule has 0 aliphatic rings. The Labute approximate surface area is 133 Å². The van der Waals surface area contributed by atoms with Crippen molar-refractivity contribution in [2.24, 2.45) is 0 Å². The maximum atomic E-state index is 12.0. The normalized spacial score (nSPS) is 12.4. The molecule has 1 aromatic carbocycles. The summed E-state index contributed by atoms with van der Waals surface area (Å²) in [5, 5.41) is 3.79. The van der Waals surface area contributed by atoms with E-state index in [1.165, 1.54) is 19.3 Å². The molecule has 1 rings (SSSR count). The topological polar surface area (TPSA) is 32.3 Å². The van der Waals surface area contributed by atoms with Crippen LogP contribution in [0.25, 0.3) is 0 Å². The summed E-state index contributed by atoms with van der Waals surface area (Å²) in [4.78, 5) is 14.0. The third kappa shape index (κ3) is 8.08. The number of likely N-dealkylation sites (N-methyl/N-ethyl adjacent to an activating group) is 1. The lowest BCUT2D eigenvalue weighted by atomic mass is 10.1. The van der Waals surface area contributed by atoms with Crippen molar-refractivity contribution >= 4 is 17.5 Å². The third-order valence-electron chi connectivity index (χ3n) is 3.40. The van der Waals surface area contributed by atoms with Crippen LogP contribution < -0.4 is 5.32 Å². The van der Waals surface area contributed by atoms with Crippen LogP contribution in [0.15, 0.2) is 24.3 Å². The van der Waals surface area contributed by atoms with Crippen molar-refractivity contribution in [3.63, 3.8) is 0 Å². The lowest BCUT2D eigenvalue weighted by Crippen LogP contribution is -2.39. The summed E-state index contributed by atoms with van der Waals surface area (Å²) >= 11 is 5.97. The molecule has 0 aliphatic heterocycles. The molecule has 1 N–H and O–H groups in total. The molecule has 118 valence electrons. The van der Waals surface area contributed by atoms with Crippen LogP contribution in [0.2, 0.25) is 5.02 Å². The summed E-state index contributed by atoms with van der Waals surface area (Å²) in [7, 11) is 1.95. The van der Waals surface area contributed by atoms with E-state index < -0.39 is 0 Å². The molecule has 0 unspecified atom stereocenters. The second kappa shape index (κ2) is 9.80. The Bertz CT molecular complexity index is 437. The molecule has 0 heterocycles. The van der Waals surface area contributed by atoms with Crippen LogP contribution in [0.4, 0.5) is 0 Å². The van der Waals surface area contributed by atoms with Gasteiger partial charge in [0.2, 0.25) is 5.91 Å². The molecule has 1 atom stereocenters. The van der Waals surface area contributed by atoms with Crippen LogP contribution in [-0.2, 0) is 11.3 Å². The zero-order valence-corrected chi connectivity index (χ0v) is 14.1. The maximum Gasteiger partial charge on any atom is 0.234 e. The van der Waals surface area contributed by atoms with E-state index in [0.717, 1.165) is 23.6 Å². The van der Waals surface area contributed by atoms with Crippen LogP contribution in [-0.4, -0.2) is 30.4 Å². The number of amides is 1. The monoisotopic (exact) mass is 310 g/mol. The first-order chi connectivity index (χ1) is 10.0. The number of halogens is 1. The third-order valence-corrected chi connectivity index (χ3v) is 3.64. The quantitative estimate of drug-likeness (QED) is 0.703. The molecule has 4 heteroatoms. The van der Waals surface area contributed by atoms with Gasteiger partial charge in [0, 0.05) is 17.6 Å². The van der Waals surface area contributed by atoms with Gasteiger partial charge in [-0.3, -0.25) is 9.69 Å². The highest BCUT2D eigenvalue weighted by Crippen LogP contribution is 2.12. The number of rotatable bonds is 9. The predicted octanol–water partition coefficient (Wildman–Crippen LogP) is 3.86. The minimum absolute atomic E-state index is 0.0866. The fraction of sp³-hybridized carbons (Fsp3) is 0.588. The standard InChI is InChI=1S/C17H27ClN2O/c1-4-5-6-8-14(2)19-17(21)13-20(3)12-15-9-7-10-16(18)11-15/h7,9-11,14H,4-6,8,12-13H2,1-3H3,(H,19,21)/t14-/m1/s1. The van der Waals surface area contributed by atoms with Gasteiger partial charge in [0.05, 0.1) is 6.54 Å². The summed E-state index contributed by atoms with van der Waals surface area (Å²) in [5.74, 6) is 0.0866. The molecular weight excluding hydrogens is 284 g/mol. The minimum Gasteiger partial charge on any atom is -0.353 e. The minimum atomic E-state index is 0.0866. The van der Waals surface area contributed by atoms with E-state index in [1.807, 2.05) is 36.2 Å². The van der Waals surface area contributed by atoms with Crippen LogP contribution in [0.3, 0.4) is 0 Å². The largest absolute Gasteiger partial charge is 0.353 e. The molecule has 0 spiro atoms. The molecule has 0 fully saturated rings. The van der Waals surface area contributed by atoms with Gasteiger partial charge in [-0.05, 0) is 38.1 Å². The van der Waals surface area contributed by atoms with E-state index >= 15 is 0 Å². The van der Waals surface area contributed by atoms with E-state index in [-0.39, 0.29) is 11.9 Å². The summed E-state index contributed by atoms with van der Waals surface area (Å²) < 4.78 is 0. The number of carbonyl (C=O) groups is 1. The van der Waals surface area contributed by atoms with Gasteiger partial charge in [0.15, 0.2) is 0 Å². The van der Waals surface area contributed by atoms with Gasteiger partial charge in [-0.1, -0.05) is 49.9 Å². The molecule has 3 nitrogen and oxygen atoms in total. The van der Waals surface area contributed by atoms with Gasteiger partial charge in [-0.25, -0.2) is 0 Å². The van der Waals surface area contributed by atoms with Crippen LogP contribution in [0.1, 0.15) is 45.1 Å². The fourth-order valence-electron chi connectivity index (χ4n) is 2.34. The van der Waals surface area contributed by atoms with Crippen LogP contribution in [0.5, 0.6) is 0 Å². The zero-order valence-electron chi connectivity index (χ0n) is 13.4. The van der Waals surface area contributed by atoms with Gasteiger partial charge in [0.1, 0.15) is 0 Å². The Balaban J connectivity index is 2.30. The van der Waals surface area contributed by atoms with E-state index in [1.54, 1.807) is 0 Å². The molecule has 0 saturated carbocycles. The van der Waals surface area contributed by atoms with E-state index in [9.17, 15) is 4.79 Å². The predicted molar refractivity (Wildman–Crippen MR) is 89.5 cm³/mol. The average molecular weight is 311 g/mol. The first kappa shape index (κ1) is 18.0. The Hall–Kier alpha value is -1.06. The second-order valence-electron chi connectivity index (χ2n) is 5.77. The van der Waals surface area contributed by atoms with Crippen molar-refractivity contribution in [3.8, 4) is 0 Å². The Morgan fingerprint density at radius 3 is 2.81 bits per heavy atom. The highest BCUT2D eigenvalue weighted by Gasteiger charge is 2.10.